The highest BCUT2D eigenvalue weighted by Crippen LogP contribution is 2.22. The van der Waals surface area contributed by atoms with Gasteiger partial charge in [0.1, 0.15) is 0 Å². The summed E-state index contributed by atoms with van der Waals surface area (Å²) in [6, 6.07) is 8.05. The average Bonchev–Trinajstić information content (AvgIpc) is 2.55. The lowest BCUT2D eigenvalue weighted by atomic mass is 9.94. The topological polar surface area (TPSA) is 55.8 Å². The van der Waals surface area contributed by atoms with Crippen LogP contribution in [0.2, 0.25) is 0 Å². The molecule has 1 aromatic carbocycles. The van der Waals surface area contributed by atoms with E-state index in [1.54, 1.807) is 6.08 Å². The summed E-state index contributed by atoms with van der Waals surface area (Å²) in [5, 5.41) is 13.6. The van der Waals surface area contributed by atoms with Crippen molar-refractivity contribution in [1.29, 1.82) is 0 Å². The number of nitrogens with one attached hydrogen (secondary N) is 1. The van der Waals surface area contributed by atoms with Gasteiger partial charge in [0, 0.05) is 39.3 Å². The molecule has 1 aliphatic rings. The zero-order valence-corrected chi connectivity index (χ0v) is 14.8. The molecule has 0 unspecified atom stereocenters. The molecule has 1 heterocycles. The van der Waals surface area contributed by atoms with Gasteiger partial charge in [-0.25, -0.2) is 0 Å². The van der Waals surface area contributed by atoms with Crippen LogP contribution in [0.3, 0.4) is 0 Å². The smallest absolute Gasteiger partial charge is 0.234 e. The SMILES string of the molecule is C=CCNC(=O)CN1CCN(C[C@](C)(O)c2ccc(C)cc2)CC1. The second-order valence-electron chi connectivity index (χ2n) is 6.78. The predicted octanol–water partition coefficient (Wildman–Crippen LogP) is 1.12. The molecule has 1 aliphatic heterocycles. The van der Waals surface area contributed by atoms with E-state index in [0.29, 0.717) is 19.6 Å². The number of carbonyl (C=O) groups excluding carboxylic acids is 1. The second-order valence-corrected chi connectivity index (χ2v) is 6.78. The number of aryl methyl sites for hydroxylation is 1. The Morgan fingerprint density at radius 2 is 1.83 bits per heavy atom. The molecule has 1 fully saturated rings. The van der Waals surface area contributed by atoms with Crippen LogP contribution in [0, 0.1) is 6.92 Å². The summed E-state index contributed by atoms with van der Waals surface area (Å²) in [6.07, 6.45) is 1.68. The van der Waals surface area contributed by atoms with E-state index >= 15 is 0 Å². The van der Waals surface area contributed by atoms with E-state index in [2.05, 4.69) is 21.7 Å². The van der Waals surface area contributed by atoms with Gasteiger partial charge in [-0.05, 0) is 19.4 Å². The van der Waals surface area contributed by atoms with Crippen LogP contribution in [0.1, 0.15) is 18.1 Å². The molecule has 1 amide bonds. The molecule has 0 bridgehead atoms. The molecule has 132 valence electrons. The first-order valence-electron chi connectivity index (χ1n) is 8.52. The standard InChI is InChI=1S/C19H29N3O2/c1-4-9-20-18(23)14-21-10-12-22(13-11-21)15-19(3,24)17-7-5-16(2)6-8-17/h4-8,24H,1,9-15H2,2-3H3,(H,20,23)/t19-/m0/s1. The molecule has 1 atom stereocenters. The number of piperazine rings is 1. The van der Waals surface area contributed by atoms with E-state index in [1.165, 1.54) is 5.56 Å². The molecule has 0 spiro atoms. The number of amides is 1. The lowest BCUT2D eigenvalue weighted by molar-refractivity contribution is -0.122. The molecule has 0 saturated carbocycles. The number of nitrogens with zero attached hydrogens (tertiary/aromatic N) is 2. The van der Waals surface area contributed by atoms with Gasteiger partial charge >= 0.3 is 0 Å². The second kappa shape index (κ2) is 8.42. The Balaban J connectivity index is 1.80. The molecule has 1 saturated heterocycles. The Labute approximate surface area is 145 Å². The maximum Gasteiger partial charge on any atom is 0.234 e. The maximum absolute atomic E-state index is 11.7. The minimum Gasteiger partial charge on any atom is -0.384 e. The Kier molecular flexibility index (Phi) is 6.54. The van der Waals surface area contributed by atoms with Crippen molar-refractivity contribution in [3.63, 3.8) is 0 Å². The maximum atomic E-state index is 11.7. The summed E-state index contributed by atoms with van der Waals surface area (Å²) in [4.78, 5) is 16.1. The van der Waals surface area contributed by atoms with Crippen LogP contribution < -0.4 is 5.32 Å². The first kappa shape index (κ1) is 18.6. The lowest BCUT2D eigenvalue weighted by Gasteiger charge is -2.38. The van der Waals surface area contributed by atoms with Crippen molar-refractivity contribution in [2.75, 3.05) is 45.8 Å². The van der Waals surface area contributed by atoms with Gasteiger partial charge in [0.2, 0.25) is 5.91 Å². The van der Waals surface area contributed by atoms with Crippen LogP contribution in [-0.2, 0) is 10.4 Å². The van der Waals surface area contributed by atoms with Gasteiger partial charge in [-0.2, -0.15) is 0 Å². The molecule has 0 radical (unpaired) electrons. The van der Waals surface area contributed by atoms with Crippen molar-refractivity contribution in [3.05, 3.63) is 48.0 Å². The monoisotopic (exact) mass is 331 g/mol. The van der Waals surface area contributed by atoms with Crippen LogP contribution >= 0.6 is 0 Å². The third-order valence-corrected chi connectivity index (χ3v) is 4.48. The van der Waals surface area contributed by atoms with Crippen molar-refractivity contribution in [1.82, 2.24) is 15.1 Å². The zero-order chi connectivity index (χ0) is 17.6. The van der Waals surface area contributed by atoms with E-state index < -0.39 is 5.60 Å². The number of hydrogen-bond donors (Lipinski definition) is 2. The fourth-order valence-electron chi connectivity index (χ4n) is 2.99. The third-order valence-electron chi connectivity index (χ3n) is 4.48. The quantitative estimate of drug-likeness (QED) is 0.735. The summed E-state index contributed by atoms with van der Waals surface area (Å²) in [6.45, 7) is 12.4. The largest absolute Gasteiger partial charge is 0.384 e. The average molecular weight is 331 g/mol. The molecule has 2 N–H and O–H groups in total. The molecule has 2 rings (SSSR count). The summed E-state index contributed by atoms with van der Waals surface area (Å²) >= 11 is 0. The minimum absolute atomic E-state index is 0.0370. The van der Waals surface area contributed by atoms with Crippen molar-refractivity contribution >= 4 is 5.91 Å². The van der Waals surface area contributed by atoms with E-state index in [1.807, 2.05) is 38.1 Å². The highest BCUT2D eigenvalue weighted by molar-refractivity contribution is 5.78. The van der Waals surface area contributed by atoms with Gasteiger partial charge in [0.15, 0.2) is 0 Å². The lowest BCUT2D eigenvalue weighted by Crippen LogP contribution is -2.52. The Morgan fingerprint density at radius 1 is 1.25 bits per heavy atom. The Bertz CT molecular complexity index is 546. The van der Waals surface area contributed by atoms with Crippen LogP contribution in [0.4, 0.5) is 0 Å². The van der Waals surface area contributed by atoms with E-state index in [9.17, 15) is 9.90 Å². The van der Waals surface area contributed by atoms with E-state index in [0.717, 1.165) is 31.7 Å². The molecule has 5 heteroatoms. The summed E-state index contributed by atoms with van der Waals surface area (Å²) in [5.41, 5.74) is 1.27. The van der Waals surface area contributed by atoms with Crippen LogP contribution in [0.25, 0.3) is 0 Å². The number of aliphatic hydroxyl groups is 1. The van der Waals surface area contributed by atoms with Crippen LogP contribution in [0.15, 0.2) is 36.9 Å². The van der Waals surface area contributed by atoms with E-state index in [4.69, 9.17) is 0 Å². The van der Waals surface area contributed by atoms with Crippen molar-refractivity contribution < 1.29 is 9.90 Å². The fourth-order valence-corrected chi connectivity index (χ4v) is 2.99. The normalized spacial score (nSPS) is 18.8. The molecule has 0 aliphatic carbocycles. The molecular formula is C19H29N3O2. The molecular weight excluding hydrogens is 302 g/mol. The zero-order valence-electron chi connectivity index (χ0n) is 14.8. The van der Waals surface area contributed by atoms with Gasteiger partial charge in [0.25, 0.3) is 0 Å². The highest BCUT2D eigenvalue weighted by atomic mass is 16.3. The third kappa shape index (κ3) is 5.44. The molecule has 1 aromatic rings. The van der Waals surface area contributed by atoms with Gasteiger partial charge in [-0.15, -0.1) is 6.58 Å². The highest BCUT2D eigenvalue weighted by Gasteiger charge is 2.28. The minimum atomic E-state index is -0.864. The van der Waals surface area contributed by atoms with Gasteiger partial charge in [0.05, 0.1) is 12.1 Å². The van der Waals surface area contributed by atoms with Crippen molar-refractivity contribution in [2.45, 2.75) is 19.4 Å². The number of β-amino-alcohol motifs (C(OH)–C–C–N with tert-alkyl or cyclic N) is 1. The Morgan fingerprint density at radius 3 is 2.42 bits per heavy atom. The van der Waals surface area contributed by atoms with Crippen LogP contribution in [0.5, 0.6) is 0 Å². The fraction of sp³-hybridized carbons (Fsp3) is 0.526. The predicted molar refractivity (Wildman–Crippen MR) is 96.8 cm³/mol. The van der Waals surface area contributed by atoms with Gasteiger partial charge in [-0.1, -0.05) is 35.9 Å². The first-order chi connectivity index (χ1) is 11.4. The number of rotatable bonds is 7. The van der Waals surface area contributed by atoms with Gasteiger partial charge < -0.3 is 10.4 Å². The first-order valence-corrected chi connectivity index (χ1v) is 8.52. The molecule has 24 heavy (non-hydrogen) atoms. The van der Waals surface area contributed by atoms with Crippen molar-refractivity contribution in [2.24, 2.45) is 0 Å². The Hall–Kier alpha value is -1.69. The number of benzene rings is 1. The molecule has 0 aromatic heterocycles. The van der Waals surface area contributed by atoms with Gasteiger partial charge in [-0.3, -0.25) is 14.6 Å². The summed E-state index contributed by atoms with van der Waals surface area (Å²) in [5.74, 6) is 0.0370. The number of hydrogen-bond acceptors (Lipinski definition) is 4. The summed E-state index contributed by atoms with van der Waals surface area (Å²) in [7, 11) is 0. The molecule has 5 nitrogen and oxygen atoms in total. The number of carbonyl (C=O) groups is 1. The summed E-state index contributed by atoms with van der Waals surface area (Å²) < 4.78 is 0. The van der Waals surface area contributed by atoms with E-state index in [-0.39, 0.29) is 5.91 Å². The van der Waals surface area contributed by atoms with Crippen LogP contribution in [-0.4, -0.2) is 66.6 Å². The van der Waals surface area contributed by atoms with Crippen molar-refractivity contribution in [3.8, 4) is 0 Å².